The SMILES string of the molecule is CC1=NNC(=O)C1CCC(=O)N/N=C(/C)c1cccc([N+](=O)[O-])c1. The Labute approximate surface area is 138 Å². The van der Waals surface area contributed by atoms with Gasteiger partial charge in [-0.3, -0.25) is 19.7 Å². The fourth-order valence-electron chi connectivity index (χ4n) is 2.22. The average Bonchev–Trinajstić information content (AvgIpc) is 2.89. The summed E-state index contributed by atoms with van der Waals surface area (Å²) in [7, 11) is 0. The minimum absolute atomic E-state index is 0.0459. The molecule has 2 amide bonds. The highest BCUT2D eigenvalue weighted by Crippen LogP contribution is 2.15. The summed E-state index contributed by atoms with van der Waals surface area (Å²) in [5.41, 5.74) is 6.36. The Bertz CT molecular complexity index is 741. The number of benzene rings is 1. The van der Waals surface area contributed by atoms with Crippen molar-refractivity contribution in [2.75, 3.05) is 0 Å². The maximum atomic E-state index is 11.8. The first kappa shape index (κ1) is 17.3. The number of amides is 2. The molecule has 2 rings (SSSR count). The lowest BCUT2D eigenvalue weighted by Gasteiger charge is -2.07. The van der Waals surface area contributed by atoms with Crippen molar-refractivity contribution < 1.29 is 14.5 Å². The summed E-state index contributed by atoms with van der Waals surface area (Å²) in [6, 6.07) is 5.98. The zero-order valence-electron chi connectivity index (χ0n) is 13.3. The normalized spacial score (nSPS) is 17.2. The second-order valence-corrected chi connectivity index (χ2v) is 5.36. The summed E-state index contributed by atoms with van der Waals surface area (Å²) in [6.45, 7) is 3.37. The van der Waals surface area contributed by atoms with Crippen molar-refractivity contribution in [3.63, 3.8) is 0 Å². The van der Waals surface area contributed by atoms with Crippen molar-refractivity contribution in [2.24, 2.45) is 16.1 Å². The van der Waals surface area contributed by atoms with Crippen LogP contribution in [0.25, 0.3) is 0 Å². The first-order valence-corrected chi connectivity index (χ1v) is 7.30. The number of carbonyl (C=O) groups is 2. The van der Waals surface area contributed by atoms with Crippen molar-refractivity contribution >= 4 is 28.9 Å². The fraction of sp³-hybridized carbons (Fsp3) is 0.333. The molecule has 1 aliphatic rings. The minimum atomic E-state index is -0.494. The Morgan fingerprint density at radius 3 is 2.88 bits per heavy atom. The Kier molecular flexibility index (Phi) is 5.35. The van der Waals surface area contributed by atoms with Crippen LogP contribution < -0.4 is 10.9 Å². The van der Waals surface area contributed by atoms with E-state index in [1.807, 2.05) is 0 Å². The van der Waals surface area contributed by atoms with Gasteiger partial charge in [0.1, 0.15) is 0 Å². The van der Waals surface area contributed by atoms with Gasteiger partial charge < -0.3 is 0 Å². The standard InChI is InChI=1S/C15H17N5O4/c1-9(11-4-3-5-12(8-11)20(23)24)16-18-14(21)7-6-13-10(2)17-19-15(13)22/h3-5,8,13H,6-7H2,1-2H3,(H,18,21)(H,19,22)/b16-9-. The third kappa shape index (κ3) is 4.22. The van der Waals surface area contributed by atoms with Crippen molar-refractivity contribution in [2.45, 2.75) is 26.7 Å². The van der Waals surface area contributed by atoms with E-state index in [9.17, 15) is 19.7 Å². The van der Waals surface area contributed by atoms with Crippen molar-refractivity contribution in [1.29, 1.82) is 0 Å². The number of hydrogen-bond donors (Lipinski definition) is 2. The molecule has 0 aromatic heterocycles. The number of nitrogens with zero attached hydrogens (tertiary/aromatic N) is 3. The van der Waals surface area contributed by atoms with E-state index >= 15 is 0 Å². The Balaban J connectivity index is 1.91. The van der Waals surface area contributed by atoms with Gasteiger partial charge in [0.05, 0.1) is 16.6 Å². The number of nitrogens with one attached hydrogen (secondary N) is 2. The highest BCUT2D eigenvalue weighted by molar-refractivity contribution is 6.07. The summed E-state index contributed by atoms with van der Waals surface area (Å²) in [5, 5.41) is 18.5. The van der Waals surface area contributed by atoms with Gasteiger partial charge in [0.15, 0.2) is 0 Å². The van der Waals surface area contributed by atoms with Gasteiger partial charge in [0.25, 0.3) is 5.69 Å². The maximum Gasteiger partial charge on any atom is 0.270 e. The molecule has 0 aliphatic carbocycles. The smallest absolute Gasteiger partial charge is 0.270 e. The van der Waals surface area contributed by atoms with Crippen LogP contribution in [-0.2, 0) is 9.59 Å². The van der Waals surface area contributed by atoms with Crippen LogP contribution in [0.5, 0.6) is 0 Å². The molecule has 1 heterocycles. The molecule has 1 atom stereocenters. The van der Waals surface area contributed by atoms with E-state index in [1.165, 1.54) is 12.1 Å². The van der Waals surface area contributed by atoms with E-state index in [0.29, 0.717) is 23.4 Å². The predicted molar refractivity (Wildman–Crippen MR) is 87.4 cm³/mol. The Hall–Kier alpha value is -3.10. The van der Waals surface area contributed by atoms with Crippen LogP contribution in [0.1, 0.15) is 32.3 Å². The molecule has 1 unspecified atom stereocenters. The topological polar surface area (TPSA) is 126 Å². The number of nitro groups is 1. The molecule has 9 heteroatoms. The van der Waals surface area contributed by atoms with Gasteiger partial charge in [-0.1, -0.05) is 12.1 Å². The average molecular weight is 331 g/mol. The Morgan fingerprint density at radius 1 is 1.50 bits per heavy atom. The molecular weight excluding hydrogens is 314 g/mol. The summed E-state index contributed by atoms with van der Waals surface area (Å²) >= 11 is 0. The van der Waals surface area contributed by atoms with Crippen LogP contribution in [0.2, 0.25) is 0 Å². The lowest BCUT2D eigenvalue weighted by molar-refractivity contribution is -0.384. The molecule has 0 spiro atoms. The molecule has 0 bridgehead atoms. The molecule has 0 radical (unpaired) electrons. The zero-order chi connectivity index (χ0) is 17.7. The van der Waals surface area contributed by atoms with Crippen LogP contribution in [0, 0.1) is 16.0 Å². The first-order chi connectivity index (χ1) is 11.4. The molecule has 1 aromatic rings. The van der Waals surface area contributed by atoms with Gasteiger partial charge in [-0.2, -0.15) is 10.2 Å². The van der Waals surface area contributed by atoms with E-state index in [1.54, 1.807) is 26.0 Å². The fourth-order valence-corrected chi connectivity index (χ4v) is 2.22. The number of non-ortho nitro benzene ring substituents is 1. The molecule has 0 saturated carbocycles. The molecular formula is C15H17N5O4. The third-order valence-electron chi connectivity index (χ3n) is 3.65. The van der Waals surface area contributed by atoms with E-state index < -0.39 is 10.8 Å². The second-order valence-electron chi connectivity index (χ2n) is 5.36. The number of carbonyl (C=O) groups excluding carboxylic acids is 2. The van der Waals surface area contributed by atoms with Crippen molar-refractivity contribution in [3.8, 4) is 0 Å². The number of hydrazone groups is 2. The highest BCUT2D eigenvalue weighted by atomic mass is 16.6. The van der Waals surface area contributed by atoms with Gasteiger partial charge in [0, 0.05) is 29.8 Å². The highest BCUT2D eigenvalue weighted by Gasteiger charge is 2.27. The van der Waals surface area contributed by atoms with Crippen LogP contribution >= 0.6 is 0 Å². The molecule has 9 nitrogen and oxygen atoms in total. The monoisotopic (exact) mass is 331 g/mol. The van der Waals surface area contributed by atoms with Crippen molar-refractivity contribution in [1.82, 2.24) is 10.9 Å². The first-order valence-electron chi connectivity index (χ1n) is 7.30. The summed E-state index contributed by atoms with van der Waals surface area (Å²) in [4.78, 5) is 33.6. The number of rotatable bonds is 6. The summed E-state index contributed by atoms with van der Waals surface area (Å²) in [5.74, 6) is -0.943. The van der Waals surface area contributed by atoms with Gasteiger partial charge >= 0.3 is 0 Å². The zero-order valence-corrected chi connectivity index (χ0v) is 13.3. The van der Waals surface area contributed by atoms with E-state index in [2.05, 4.69) is 21.1 Å². The molecule has 1 aromatic carbocycles. The number of hydrogen-bond acceptors (Lipinski definition) is 6. The number of nitro benzene ring substituents is 1. The van der Waals surface area contributed by atoms with Crippen molar-refractivity contribution in [3.05, 3.63) is 39.9 Å². The second kappa shape index (κ2) is 7.44. The summed E-state index contributed by atoms with van der Waals surface area (Å²) < 4.78 is 0. The van der Waals surface area contributed by atoms with Crippen LogP contribution in [0.4, 0.5) is 5.69 Å². The lowest BCUT2D eigenvalue weighted by Crippen LogP contribution is -2.25. The lowest BCUT2D eigenvalue weighted by atomic mass is 9.99. The molecule has 0 saturated heterocycles. The molecule has 2 N–H and O–H groups in total. The molecule has 126 valence electrons. The minimum Gasteiger partial charge on any atom is -0.273 e. The molecule has 0 fully saturated rings. The van der Waals surface area contributed by atoms with Crippen LogP contribution in [0.15, 0.2) is 34.5 Å². The Morgan fingerprint density at radius 2 is 2.25 bits per heavy atom. The van der Waals surface area contributed by atoms with Gasteiger partial charge in [-0.25, -0.2) is 10.9 Å². The van der Waals surface area contributed by atoms with Crippen LogP contribution in [0.3, 0.4) is 0 Å². The summed E-state index contributed by atoms with van der Waals surface area (Å²) in [6.07, 6.45) is 0.467. The van der Waals surface area contributed by atoms with Gasteiger partial charge in [-0.15, -0.1) is 0 Å². The largest absolute Gasteiger partial charge is 0.273 e. The van der Waals surface area contributed by atoms with Gasteiger partial charge in [-0.05, 0) is 20.3 Å². The van der Waals surface area contributed by atoms with Gasteiger partial charge in [0.2, 0.25) is 11.8 Å². The van der Waals surface area contributed by atoms with E-state index in [4.69, 9.17) is 0 Å². The maximum absolute atomic E-state index is 11.8. The molecule has 24 heavy (non-hydrogen) atoms. The quantitative estimate of drug-likeness (QED) is 0.463. The molecule has 1 aliphatic heterocycles. The predicted octanol–water partition coefficient (Wildman–Crippen LogP) is 1.34. The van der Waals surface area contributed by atoms with E-state index in [0.717, 1.165) is 0 Å². The van der Waals surface area contributed by atoms with E-state index in [-0.39, 0.29) is 23.9 Å². The third-order valence-corrected chi connectivity index (χ3v) is 3.65. The van der Waals surface area contributed by atoms with Crippen LogP contribution in [-0.4, -0.2) is 28.2 Å².